The van der Waals surface area contributed by atoms with E-state index in [9.17, 15) is 9.59 Å². The van der Waals surface area contributed by atoms with E-state index >= 15 is 0 Å². The van der Waals surface area contributed by atoms with Crippen LogP contribution < -0.4 is 10.2 Å². The van der Waals surface area contributed by atoms with Gasteiger partial charge in [0, 0.05) is 10.5 Å². The zero-order chi connectivity index (χ0) is 20.3. The SMILES string of the molecule is Cc1cc(-c2cc(=O)c3cccc(Cl)c3o2)c(OCCOCC(=O)O)cc1Br. The van der Waals surface area contributed by atoms with Crippen LogP contribution in [0.3, 0.4) is 0 Å². The summed E-state index contributed by atoms with van der Waals surface area (Å²) in [4.78, 5) is 23.0. The molecule has 0 spiro atoms. The molecule has 0 saturated carbocycles. The van der Waals surface area contributed by atoms with Gasteiger partial charge in [-0.1, -0.05) is 33.6 Å². The van der Waals surface area contributed by atoms with Gasteiger partial charge >= 0.3 is 5.97 Å². The van der Waals surface area contributed by atoms with Gasteiger partial charge in [-0.3, -0.25) is 4.79 Å². The van der Waals surface area contributed by atoms with Gasteiger partial charge in [-0.15, -0.1) is 0 Å². The van der Waals surface area contributed by atoms with Crippen molar-refractivity contribution in [2.45, 2.75) is 6.92 Å². The molecular formula is C20H16BrClO6. The highest BCUT2D eigenvalue weighted by Gasteiger charge is 2.15. The largest absolute Gasteiger partial charge is 0.490 e. The molecule has 0 bridgehead atoms. The molecular weight excluding hydrogens is 452 g/mol. The van der Waals surface area contributed by atoms with Crippen molar-refractivity contribution < 1.29 is 23.8 Å². The fraction of sp³-hybridized carbons (Fsp3) is 0.200. The average molecular weight is 468 g/mol. The maximum absolute atomic E-state index is 12.5. The molecule has 0 atom stereocenters. The first-order valence-electron chi connectivity index (χ1n) is 8.32. The standard InChI is InChI=1S/C20H16BrClO6/c1-11-7-13(17(8-14(11)21)27-6-5-26-10-19(24)25)18-9-16(23)12-3-2-4-15(22)20(12)28-18/h2-4,7-9H,5-6,10H2,1H3,(H,24,25). The highest BCUT2D eigenvalue weighted by Crippen LogP contribution is 2.36. The number of carboxylic acids is 1. The monoisotopic (exact) mass is 466 g/mol. The van der Waals surface area contributed by atoms with Crippen molar-refractivity contribution in [3.63, 3.8) is 0 Å². The zero-order valence-corrected chi connectivity index (χ0v) is 17.2. The third-order valence-electron chi connectivity index (χ3n) is 3.94. The molecule has 0 fully saturated rings. The Labute approximate surface area is 173 Å². The summed E-state index contributed by atoms with van der Waals surface area (Å²) in [6.07, 6.45) is 0. The Bertz CT molecular complexity index is 1090. The van der Waals surface area contributed by atoms with Crippen LogP contribution in [0.25, 0.3) is 22.3 Å². The van der Waals surface area contributed by atoms with Gasteiger partial charge in [-0.2, -0.15) is 0 Å². The number of aliphatic carboxylic acids is 1. The fourth-order valence-corrected chi connectivity index (χ4v) is 3.16. The Hall–Kier alpha value is -2.35. The van der Waals surface area contributed by atoms with Crippen LogP contribution in [0.15, 0.2) is 50.1 Å². The normalized spacial score (nSPS) is 11.0. The number of ether oxygens (including phenoxy) is 2. The lowest BCUT2D eigenvalue weighted by Gasteiger charge is -2.14. The van der Waals surface area contributed by atoms with Crippen LogP contribution in [-0.2, 0) is 9.53 Å². The summed E-state index contributed by atoms with van der Waals surface area (Å²) in [5, 5.41) is 9.34. The van der Waals surface area contributed by atoms with E-state index in [-0.39, 0.29) is 18.6 Å². The third-order valence-corrected chi connectivity index (χ3v) is 5.10. The minimum atomic E-state index is -1.05. The number of carbonyl (C=O) groups is 1. The number of rotatable bonds is 7. The number of hydrogen-bond acceptors (Lipinski definition) is 5. The van der Waals surface area contributed by atoms with Crippen molar-refractivity contribution >= 4 is 44.5 Å². The van der Waals surface area contributed by atoms with E-state index in [1.165, 1.54) is 6.07 Å². The zero-order valence-electron chi connectivity index (χ0n) is 14.8. The Kier molecular flexibility index (Phi) is 6.39. The summed E-state index contributed by atoms with van der Waals surface area (Å²) in [5.41, 5.74) is 1.60. The molecule has 8 heteroatoms. The predicted octanol–water partition coefficient (Wildman–Crippen LogP) is 4.66. The molecule has 0 unspecified atom stereocenters. The first kappa shape index (κ1) is 20.4. The molecule has 0 amide bonds. The smallest absolute Gasteiger partial charge is 0.329 e. The molecule has 28 heavy (non-hydrogen) atoms. The summed E-state index contributed by atoms with van der Waals surface area (Å²) >= 11 is 9.65. The number of aryl methyl sites for hydroxylation is 1. The molecule has 3 rings (SSSR count). The molecule has 3 aromatic rings. The van der Waals surface area contributed by atoms with Gasteiger partial charge in [-0.25, -0.2) is 4.79 Å². The Balaban J connectivity index is 1.98. The average Bonchev–Trinajstić information content (AvgIpc) is 2.64. The molecule has 146 valence electrons. The quantitative estimate of drug-likeness (QED) is 0.509. The number of hydrogen-bond donors (Lipinski definition) is 1. The second kappa shape index (κ2) is 8.77. The molecule has 2 aromatic carbocycles. The van der Waals surface area contributed by atoms with Gasteiger partial charge in [-0.05, 0) is 36.8 Å². The molecule has 1 N–H and O–H groups in total. The van der Waals surface area contributed by atoms with Crippen LogP contribution in [0.1, 0.15) is 5.56 Å². The summed E-state index contributed by atoms with van der Waals surface area (Å²) in [6.45, 7) is 1.74. The van der Waals surface area contributed by atoms with Crippen LogP contribution in [0.2, 0.25) is 5.02 Å². The van der Waals surface area contributed by atoms with E-state index in [2.05, 4.69) is 15.9 Å². The topological polar surface area (TPSA) is 86.0 Å². The first-order valence-corrected chi connectivity index (χ1v) is 9.49. The van der Waals surface area contributed by atoms with E-state index in [4.69, 9.17) is 30.6 Å². The van der Waals surface area contributed by atoms with Crippen LogP contribution >= 0.6 is 27.5 Å². The van der Waals surface area contributed by atoms with Gasteiger partial charge in [0.05, 0.1) is 22.6 Å². The maximum atomic E-state index is 12.5. The molecule has 1 aromatic heterocycles. The molecule has 0 aliphatic rings. The summed E-state index contributed by atoms with van der Waals surface area (Å²) < 4.78 is 17.5. The van der Waals surface area contributed by atoms with Crippen LogP contribution in [0.4, 0.5) is 0 Å². The molecule has 0 saturated heterocycles. The van der Waals surface area contributed by atoms with Crippen molar-refractivity contribution in [3.05, 3.63) is 61.7 Å². The highest BCUT2D eigenvalue weighted by molar-refractivity contribution is 9.10. The number of halogens is 2. The lowest BCUT2D eigenvalue weighted by Crippen LogP contribution is -2.13. The van der Waals surface area contributed by atoms with Crippen molar-refractivity contribution in [2.24, 2.45) is 0 Å². The highest BCUT2D eigenvalue weighted by atomic mass is 79.9. The van der Waals surface area contributed by atoms with Gasteiger partial charge < -0.3 is 19.0 Å². The third kappa shape index (κ3) is 4.55. The molecule has 0 aliphatic heterocycles. The van der Waals surface area contributed by atoms with Crippen LogP contribution in [0, 0.1) is 6.92 Å². The number of benzene rings is 2. The van der Waals surface area contributed by atoms with E-state index < -0.39 is 12.6 Å². The number of carboxylic acid groups (broad SMARTS) is 1. The molecule has 6 nitrogen and oxygen atoms in total. The van der Waals surface area contributed by atoms with Crippen LogP contribution in [0.5, 0.6) is 5.75 Å². The Morgan fingerprint density at radius 3 is 2.79 bits per heavy atom. The van der Waals surface area contributed by atoms with Gasteiger partial charge in [0.15, 0.2) is 11.0 Å². The second-order valence-corrected chi connectivity index (χ2v) is 7.25. The maximum Gasteiger partial charge on any atom is 0.329 e. The predicted molar refractivity (Wildman–Crippen MR) is 109 cm³/mol. The van der Waals surface area contributed by atoms with Crippen LogP contribution in [-0.4, -0.2) is 30.9 Å². The van der Waals surface area contributed by atoms with Crippen molar-refractivity contribution in [2.75, 3.05) is 19.8 Å². The minimum absolute atomic E-state index is 0.102. The van der Waals surface area contributed by atoms with E-state index in [1.807, 2.05) is 13.0 Å². The van der Waals surface area contributed by atoms with Crippen molar-refractivity contribution in [1.82, 2.24) is 0 Å². The number of fused-ring (bicyclic) bond motifs is 1. The minimum Gasteiger partial charge on any atom is -0.490 e. The molecule has 1 heterocycles. The summed E-state index contributed by atoms with van der Waals surface area (Å²) in [7, 11) is 0. The number of para-hydroxylation sites is 1. The first-order chi connectivity index (χ1) is 13.4. The Morgan fingerprint density at radius 2 is 2.04 bits per heavy atom. The second-order valence-electron chi connectivity index (χ2n) is 5.98. The summed E-state index contributed by atoms with van der Waals surface area (Å²) in [5.74, 6) is -0.262. The van der Waals surface area contributed by atoms with Gasteiger partial charge in [0.25, 0.3) is 0 Å². The molecule has 0 aliphatic carbocycles. The van der Waals surface area contributed by atoms with Crippen molar-refractivity contribution in [3.8, 4) is 17.1 Å². The Morgan fingerprint density at radius 1 is 1.25 bits per heavy atom. The van der Waals surface area contributed by atoms with Gasteiger partial charge in [0.1, 0.15) is 24.7 Å². The molecule has 0 radical (unpaired) electrons. The van der Waals surface area contributed by atoms with Gasteiger partial charge in [0.2, 0.25) is 0 Å². The lowest BCUT2D eigenvalue weighted by molar-refractivity contribution is -0.142. The van der Waals surface area contributed by atoms with Crippen molar-refractivity contribution in [1.29, 1.82) is 0 Å². The summed E-state index contributed by atoms with van der Waals surface area (Å²) in [6, 6.07) is 9.99. The van der Waals surface area contributed by atoms with E-state index in [1.54, 1.807) is 24.3 Å². The lowest BCUT2D eigenvalue weighted by atomic mass is 10.1. The van der Waals surface area contributed by atoms with E-state index in [0.29, 0.717) is 33.1 Å². The fourth-order valence-electron chi connectivity index (χ4n) is 2.62. The van der Waals surface area contributed by atoms with E-state index in [0.717, 1.165) is 10.0 Å².